The van der Waals surface area contributed by atoms with Crippen LogP contribution in [0.4, 0.5) is 0 Å². The lowest BCUT2D eigenvalue weighted by molar-refractivity contribution is -0.339. The molecule has 0 aromatic heterocycles. The molecule has 0 bridgehead atoms. The lowest BCUT2D eigenvalue weighted by Crippen LogP contribution is -2.67. The molecule has 2 aliphatic rings. The van der Waals surface area contributed by atoms with E-state index in [0.29, 0.717) is 5.56 Å². The van der Waals surface area contributed by atoms with E-state index in [9.17, 15) is 30.1 Å². The average Bonchev–Trinajstić information content (AvgIpc) is 2.99. The Bertz CT molecular complexity index is 1270. The van der Waals surface area contributed by atoms with Gasteiger partial charge in [0.25, 0.3) is 0 Å². The first-order valence-corrected chi connectivity index (χ1v) is 18.0. The van der Waals surface area contributed by atoms with Gasteiger partial charge in [-0.3, -0.25) is 9.59 Å². The second-order valence-corrected chi connectivity index (χ2v) is 17.5. The zero-order valence-corrected chi connectivity index (χ0v) is 28.8. The van der Waals surface area contributed by atoms with Crippen molar-refractivity contribution in [1.29, 1.82) is 0 Å². The number of aliphatic hydroxyl groups excluding tert-OH is 2. The molecule has 0 saturated carbocycles. The number of carbonyl (C=O) groups excluding carboxylic acids is 3. The smallest absolute Gasteiger partial charge is 0.337 e. The highest BCUT2D eigenvalue weighted by atomic mass is 28.4. The molecule has 0 radical (unpaired) electrons. The quantitative estimate of drug-likeness (QED) is 0.0810. The van der Waals surface area contributed by atoms with Gasteiger partial charge >= 0.3 is 17.9 Å². The minimum atomic E-state index is -2.65. The Balaban J connectivity index is 2.09. The van der Waals surface area contributed by atoms with Crippen molar-refractivity contribution >= 4 is 26.2 Å². The molecule has 2 fully saturated rings. The van der Waals surface area contributed by atoms with E-state index in [2.05, 4.69) is 10.0 Å². The monoisotopic (exact) mass is 683 g/mol. The van der Waals surface area contributed by atoms with Crippen LogP contribution < -0.4 is 0 Å². The fraction of sp³-hybridized carbons (Fsp3) is 0.700. The van der Waals surface area contributed by atoms with Crippen LogP contribution in [-0.2, 0) is 58.6 Å². The molecule has 47 heavy (non-hydrogen) atoms. The summed E-state index contributed by atoms with van der Waals surface area (Å²) in [5.41, 5.74) is 10.3. The van der Waals surface area contributed by atoms with Gasteiger partial charge in [-0.25, -0.2) is 4.79 Å². The fourth-order valence-electron chi connectivity index (χ4n) is 4.91. The van der Waals surface area contributed by atoms with Crippen LogP contribution in [0.15, 0.2) is 35.4 Å². The van der Waals surface area contributed by atoms with Gasteiger partial charge in [0.15, 0.2) is 27.0 Å². The third-order valence-electron chi connectivity index (χ3n) is 8.34. The number of methoxy groups -OCH3 is 1. The highest BCUT2D eigenvalue weighted by Crippen LogP contribution is 2.41. The summed E-state index contributed by atoms with van der Waals surface area (Å²) in [7, 11) is -1.56. The van der Waals surface area contributed by atoms with Crippen LogP contribution in [0.3, 0.4) is 0 Å². The van der Waals surface area contributed by atoms with Crippen LogP contribution in [0.1, 0.15) is 40.2 Å². The predicted molar refractivity (Wildman–Crippen MR) is 165 cm³/mol. The molecule has 3 rings (SSSR count). The zero-order valence-electron chi connectivity index (χ0n) is 27.8. The van der Waals surface area contributed by atoms with E-state index < -0.39 is 87.6 Å². The molecule has 262 valence electrons. The molecule has 1 unspecified atom stereocenters. The normalized spacial score (nSPS) is 31.3. The summed E-state index contributed by atoms with van der Waals surface area (Å²) in [6.45, 7) is 11.8. The predicted octanol–water partition coefficient (Wildman–Crippen LogP) is 2.50. The van der Waals surface area contributed by atoms with E-state index in [1.54, 1.807) is 30.3 Å². The number of ether oxygens (including phenoxy) is 7. The van der Waals surface area contributed by atoms with Gasteiger partial charge in [-0.15, -0.1) is 0 Å². The minimum absolute atomic E-state index is 0.0675. The van der Waals surface area contributed by atoms with E-state index in [1.165, 1.54) is 6.92 Å². The molecule has 0 spiro atoms. The van der Waals surface area contributed by atoms with Gasteiger partial charge in [0.1, 0.15) is 49.3 Å². The van der Waals surface area contributed by atoms with E-state index in [1.807, 2.05) is 33.9 Å². The Morgan fingerprint density at radius 2 is 1.66 bits per heavy atom. The standard InChI is InChI=1S/C30H45N3O13Si/c1-16(34)40-15-19-22(46-47(7,8)30(3,4)5)23(42-17(2)35)20(32-33-31)29(43-19)45-25-24(41-14-18-12-10-9-11-13-18)21(36)27(37)44-26(25)28(38)39-6/h9-13,19-27,29,36-37H,14-15H2,1-8H3/t19-,20-,21-,22-,23-,24-,25+,26-,27?,29-/m1/s1. The summed E-state index contributed by atoms with van der Waals surface area (Å²) in [4.78, 5) is 40.2. The lowest BCUT2D eigenvalue weighted by atomic mass is 9.95. The number of hydrogen-bond acceptors (Lipinski definition) is 14. The molecule has 2 N–H and O–H groups in total. The molecule has 2 saturated heterocycles. The Labute approximate surface area is 274 Å². The first kappa shape index (κ1) is 38.3. The van der Waals surface area contributed by atoms with Crippen molar-refractivity contribution < 1.29 is 62.2 Å². The topological polar surface area (TPSA) is 214 Å². The van der Waals surface area contributed by atoms with Gasteiger partial charge < -0.3 is 47.8 Å². The number of aliphatic hydroxyl groups is 2. The third-order valence-corrected chi connectivity index (χ3v) is 12.8. The number of benzene rings is 1. The van der Waals surface area contributed by atoms with Gasteiger partial charge in [0.05, 0.1) is 13.7 Å². The molecule has 16 nitrogen and oxygen atoms in total. The largest absolute Gasteiger partial charge is 0.467 e. The highest BCUT2D eigenvalue weighted by molar-refractivity contribution is 6.74. The molecular weight excluding hydrogens is 638 g/mol. The summed E-state index contributed by atoms with van der Waals surface area (Å²) >= 11 is 0. The Morgan fingerprint density at radius 1 is 1.00 bits per heavy atom. The second kappa shape index (κ2) is 16.3. The third kappa shape index (κ3) is 9.71. The Morgan fingerprint density at radius 3 is 2.21 bits per heavy atom. The molecule has 1 aromatic rings. The van der Waals surface area contributed by atoms with Crippen LogP contribution >= 0.6 is 0 Å². The first-order chi connectivity index (χ1) is 22.0. The van der Waals surface area contributed by atoms with E-state index in [-0.39, 0.29) is 18.3 Å². The number of esters is 3. The highest BCUT2D eigenvalue weighted by Gasteiger charge is 2.56. The Hall–Kier alpha value is -3.12. The van der Waals surface area contributed by atoms with Crippen molar-refractivity contribution in [3.63, 3.8) is 0 Å². The van der Waals surface area contributed by atoms with Crippen LogP contribution in [0, 0.1) is 0 Å². The molecular formula is C30H45N3O13Si. The van der Waals surface area contributed by atoms with Crippen LogP contribution in [0.25, 0.3) is 10.4 Å². The van der Waals surface area contributed by atoms with Crippen molar-refractivity contribution in [2.75, 3.05) is 13.7 Å². The Kier molecular flexibility index (Phi) is 13.3. The SMILES string of the molecule is COC(=O)[C@@H]1OC(O)[C@H](O)[C@@H](OCc2ccccc2)[C@@H]1O[C@H]1O[C@H](COC(C)=O)[C@@H](O[Si](C)(C)C(C)(C)C)[C@H](OC(C)=O)[C@H]1N=[N+]=[N-]. The van der Waals surface area contributed by atoms with Crippen molar-refractivity contribution in [2.45, 2.75) is 121 Å². The van der Waals surface area contributed by atoms with E-state index in [0.717, 1.165) is 14.0 Å². The number of nitrogens with zero attached hydrogens (tertiary/aromatic N) is 3. The van der Waals surface area contributed by atoms with Gasteiger partial charge in [0, 0.05) is 18.8 Å². The number of rotatable bonds is 12. The van der Waals surface area contributed by atoms with Crippen molar-refractivity contribution in [3.05, 3.63) is 46.3 Å². The van der Waals surface area contributed by atoms with Crippen LogP contribution in [0.5, 0.6) is 0 Å². The average molecular weight is 684 g/mol. The number of hydrogen-bond donors (Lipinski definition) is 2. The van der Waals surface area contributed by atoms with Gasteiger partial charge in [-0.05, 0) is 29.2 Å². The molecule has 2 heterocycles. The lowest BCUT2D eigenvalue weighted by Gasteiger charge is -2.50. The van der Waals surface area contributed by atoms with E-state index in [4.69, 9.17) is 37.6 Å². The number of carbonyl (C=O) groups is 3. The summed E-state index contributed by atoms with van der Waals surface area (Å²) in [5.74, 6) is -2.34. The molecule has 0 aliphatic carbocycles. The summed E-state index contributed by atoms with van der Waals surface area (Å²) in [6.07, 6.45) is -13.4. The molecule has 2 aliphatic heterocycles. The van der Waals surface area contributed by atoms with Crippen LogP contribution in [0.2, 0.25) is 18.1 Å². The van der Waals surface area contributed by atoms with Gasteiger partial charge in [-0.2, -0.15) is 0 Å². The van der Waals surface area contributed by atoms with Gasteiger partial charge in [-0.1, -0.05) is 56.2 Å². The first-order valence-electron chi connectivity index (χ1n) is 15.1. The summed E-state index contributed by atoms with van der Waals surface area (Å²) in [6, 6.07) is 7.47. The van der Waals surface area contributed by atoms with E-state index >= 15 is 0 Å². The summed E-state index contributed by atoms with van der Waals surface area (Å²) < 4.78 is 46.4. The van der Waals surface area contributed by atoms with Crippen molar-refractivity contribution in [1.82, 2.24) is 0 Å². The maximum atomic E-state index is 12.9. The minimum Gasteiger partial charge on any atom is -0.467 e. The fourth-order valence-corrected chi connectivity index (χ4v) is 6.23. The van der Waals surface area contributed by atoms with Crippen molar-refractivity contribution in [3.8, 4) is 0 Å². The van der Waals surface area contributed by atoms with Gasteiger partial charge in [0.2, 0.25) is 0 Å². The maximum Gasteiger partial charge on any atom is 0.337 e. The summed E-state index contributed by atoms with van der Waals surface area (Å²) in [5, 5.41) is 25.0. The zero-order chi connectivity index (χ0) is 35.1. The molecule has 1 aromatic carbocycles. The number of azide groups is 1. The molecule has 10 atom stereocenters. The van der Waals surface area contributed by atoms with Crippen LogP contribution in [-0.4, -0.2) is 112 Å². The van der Waals surface area contributed by atoms with Crippen molar-refractivity contribution in [2.24, 2.45) is 5.11 Å². The molecule has 17 heteroatoms. The maximum absolute atomic E-state index is 12.9. The second-order valence-electron chi connectivity index (χ2n) is 12.8. The molecule has 0 amide bonds.